The summed E-state index contributed by atoms with van der Waals surface area (Å²) in [5, 5.41) is 0. The monoisotopic (exact) mass is 126 g/mol. The van der Waals surface area contributed by atoms with Gasteiger partial charge >= 0.3 is 5.97 Å². The zero-order valence-electron chi connectivity index (χ0n) is 5.68. The van der Waals surface area contributed by atoms with E-state index in [1.54, 1.807) is 0 Å². The molecule has 2 atom stereocenters. The molecule has 2 rings (SSSR count). The van der Waals surface area contributed by atoms with E-state index in [0.717, 1.165) is 6.42 Å². The van der Waals surface area contributed by atoms with Crippen molar-refractivity contribution in [2.75, 3.05) is 0 Å². The lowest BCUT2D eigenvalue weighted by Crippen LogP contribution is -2.23. The van der Waals surface area contributed by atoms with Crippen molar-refractivity contribution in [1.82, 2.24) is 0 Å². The highest BCUT2D eigenvalue weighted by molar-refractivity contribution is 5.79. The summed E-state index contributed by atoms with van der Waals surface area (Å²) in [6.07, 6.45) is 1.06. The molecule has 0 aromatic heterocycles. The molecule has 1 aliphatic heterocycles. The molecule has 0 N–H and O–H groups in total. The fourth-order valence-electron chi connectivity index (χ4n) is 1.63. The van der Waals surface area contributed by atoms with Gasteiger partial charge in [-0.25, -0.2) is 0 Å². The van der Waals surface area contributed by atoms with Crippen LogP contribution in [0.3, 0.4) is 0 Å². The van der Waals surface area contributed by atoms with Crippen LogP contribution in [0.5, 0.6) is 0 Å². The Kier molecular flexibility index (Phi) is 0.675. The Morgan fingerprint density at radius 2 is 2.33 bits per heavy atom. The van der Waals surface area contributed by atoms with Crippen molar-refractivity contribution in [1.29, 1.82) is 0 Å². The third kappa shape index (κ3) is 0.533. The van der Waals surface area contributed by atoms with Crippen LogP contribution >= 0.6 is 0 Å². The zero-order chi connectivity index (χ0) is 6.65. The highest BCUT2D eigenvalue weighted by Gasteiger charge is 2.60. The lowest BCUT2D eigenvalue weighted by atomic mass is 10.0. The molecule has 2 unspecified atom stereocenters. The van der Waals surface area contributed by atoms with Crippen molar-refractivity contribution in [2.24, 2.45) is 11.8 Å². The van der Waals surface area contributed by atoms with Gasteiger partial charge in [0.25, 0.3) is 0 Å². The minimum Gasteiger partial charge on any atom is -0.459 e. The van der Waals surface area contributed by atoms with E-state index in [1.165, 1.54) is 0 Å². The van der Waals surface area contributed by atoms with Crippen molar-refractivity contribution >= 4 is 5.97 Å². The molecule has 0 radical (unpaired) electrons. The molecule has 2 nitrogen and oxygen atoms in total. The van der Waals surface area contributed by atoms with Crippen LogP contribution in [0.25, 0.3) is 0 Å². The SMILES string of the molecule is CC1(C)OC(=O)C2CC21. The molecule has 9 heavy (non-hydrogen) atoms. The highest BCUT2D eigenvalue weighted by Crippen LogP contribution is 2.54. The van der Waals surface area contributed by atoms with Gasteiger partial charge in [-0.3, -0.25) is 4.79 Å². The number of rotatable bonds is 0. The largest absolute Gasteiger partial charge is 0.459 e. The molecule has 0 aromatic rings. The molecule has 2 aliphatic rings. The normalized spacial score (nSPS) is 44.0. The van der Waals surface area contributed by atoms with Gasteiger partial charge in [-0.2, -0.15) is 0 Å². The fourth-order valence-corrected chi connectivity index (χ4v) is 1.63. The second kappa shape index (κ2) is 1.15. The Morgan fingerprint density at radius 1 is 1.67 bits per heavy atom. The molecule has 1 saturated heterocycles. The first kappa shape index (κ1) is 5.27. The molecule has 0 amide bonds. The smallest absolute Gasteiger partial charge is 0.309 e. The standard InChI is InChI=1S/C7H10O2/c1-7(2)5-3-4(5)6(8)9-7/h4-5H,3H2,1-2H3. The summed E-state index contributed by atoms with van der Waals surface area (Å²) < 4.78 is 5.07. The molecule has 0 bridgehead atoms. The van der Waals surface area contributed by atoms with Crippen LogP contribution in [0.15, 0.2) is 0 Å². The third-order valence-electron chi connectivity index (χ3n) is 2.35. The summed E-state index contributed by atoms with van der Waals surface area (Å²) in [5.41, 5.74) is -0.151. The topological polar surface area (TPSA) is 26.3 Å². The molecule has 2 fully saturated rings. The predicted octanol–water partition coefficient (Wildman–Crippen LogP) is 0.958. The number of carbonyl (C=O) groups is 1. The third-order valence-corrected chi connectivity index (χ3v) is 2.35. The summed E-state index contributed by atoms with van der Waals surface area (Å²) in [7, 11) is 0. The second-order valence-electron chi connectivity index (χ2n) is 3.47. The number of ether oxygens (including phenoxy) is 1. The average Bonchev–Trinajstić information content (AvgIpc) is 2.33. The maximum absolute atomic E-state index is 10.8. The van der Waals surface area contributed by atoms with Gasteiger partial charge in [0.2, 0.25) is 0 Å². The van der Waals surface area contributed by atoms with Gasteiger partial charge in [-0.05, 0) is 20.3 Å². The van der Waals surface area contributed by atoms with Gasteiger partial charge < -0.3 is 4.74 Å². The van der Waals surface area contributed by atoms with Crippen molar-refractivity contribution in [3.63, 3.8) is 0 Å². The first-order chi connectivity index (χ1) is 4.11. The van der Waals surface area contributed by atoms with Crippen LogP contribution in [0.1, 0.15) is 20.3 Å². The van der Waals surface area contributed by atoms with Crippen LogP contribution in [0.4, 0.5) is 0 Å². The van der Waals surface area contributed by atoms with E-state index in [4.69, 9.17) is 4.74 Å². The minimum absolute atomic E-state index is 0.0185. The molecular weight excluding hydrogens is 116 g/mol. The van der Waals surface area contributed by atoms with Gasteiger partial charge in [0.05, 0.1) is 5.92 Å². The van der Waals surface area contributed by atoms with Crippen molar-refractivity contribution in [2.45, 2.75) is 25.9 Å². The number of cyclic esters (lactones) is 1. The fraction of sp³-hybridized carbons (Fsp3) is 0.857. The van der Waals surface area contributed by atoms with Crippen LogP contribution in [-0.2, 0) is 9.53 Å². The molecule has 2 heteroatoms. The van der Waals surface area contributed by atoms with E-state index in [-0.39, 0.29) is 17.5 Å². The summed E-state index contributed by atoms with van der Waals surface area (Å²) in [6, 6.07) is 0. The first-order valence-corrected chi connectivity index (χ1v) is 3.34. The molecule has 1 heterocycles. The summed E-state index contributed by atoms with van der Waals surface area (Å²) in [5.74, 6) is 0.815. The zero-order valence-corrected chi connectivity index (χ0v) is 5.68. The lowest BCUT2D eigenvalue weighted by Gasteiger charge is -2.18. The van der Waals surface area contributed by atoms with Gasteiger partial charge in [0.1, 0.15) is 5.60 Å². The van der Waals surface area contributed by atoms with E-state index < -0.39 is 0 Å². The van der Waals surface area contributed by atoms with E-state index in [1.807, 2.05) is 13.8 Å². The lowest BCUT2D eigenvalue weighted by molar-refractivity contribution is -0.150. The number of hydrogen-bond donors (Lipinski definition) is 0. The van der Waals surface area contributed by atoms with Crippen LogP contribution in [0.2, 0.25) is 0 Å². The van der Waals surface area contributed by atoms with Gasteiger partial charge in [-0.15, -0.1) is 0 Å². The van der Waals surface area contributed by atoms with Crippen LogP contribution in [-0.4, -0.2) is 11.6 Å². The van der Waals surface area contributed by atoms with Gasteiger partial charge in [0.15, 0.2) is 0 Å². The van der Waals surface area contributed by atoms with Gasteiger partial charge in [0, 0.05) is 5.92 Å². The Hall–Kier alpha value is -0.530. The van der Waals surface area contributed by atoms with E-state index in [9.17, 15) is 4.79 Å². The molecular formula is C7H10O2. The average molecular weight is 126 g/mol. The Labute approximate surface area is 54.2 Å². The predicted molar refractivity (Wildman–Crippen MR) is 31.8 cm³/mol. The quantitative estimate of drug-likeness (QED) is 0.452. The number of fused-ring (bicyclic) bond motifs is 1. The maximum Gasteiger partial charge on any atom is 0.309 e. The molecule has 50 valence electrons. The van der Waals surface area contributed by atoms with Crippen LogP contribution in [0, 0.1) is 11.8 Å². The molecule has 1 aliphatic carbocycles. The van der Waals surface area contributed by atoms with Gasteiger partial charge in [-0.1, -0.05) is 0 Å². The number of hydrogen-bond acceptors (Lipinski definition) is 2. The highest BCUT2D eigenvalue weighted by atomic mass is 16.6. The Morgan fingerprint density at radius 3 is 2.44 bits per heavy atom. The van der Waals surface area contributed by atoms with E-state index in [0.29, 0.717) is 5.92 Å². The minimum atomic E-state index is -0.151. The molecule has 0 spiro atoms. The summed E-state index contributed by atoms with van der Waals surface area (Å²) in [6.45, 7) is 3.98. The van der Waals surface area contributed by atoms with E-state index >= 15 is 0 Å². The Balaban J connectivity index is 2.26. The number of esters is 1. The summed E-state index contributed by atoms with van der Waals surface area (Å²) >= 11 is 0. The Bertz CT molecular complexity index is 172. The maximum atomic E-state index is 10.8. The second-order valence-corrected chi connectivity index (χ2v) is 3.47. The van der Waals surface area contributed by atoms with E-state index in [2.05, 4.69) is 0 Å². The van der Waals surface area contributed by atoms with Crippen molar-refractivity contribution in [3.8, 4) is 0 Å². The molecule has 1 saturated carbocycles. The summed E-state index contributed by atoms with van der Waals surface area (Å²) in [4.78, 5) is 10.8. The van der Waals surface area contributed by atoms with Crippen LogP contribution < -0.4 is 0 Å². The first-order valence-electron chi connectivity index (χ1n) is 3.34. The number of carbonyl (C=O) groups excluding carboxylic acids is 1. The van der Waals surface area contributed by atoms with Crippen molar-refractivity contribution < 1.29 is 9.53 Å². The molecule has 0 aromatic carbocycles. The van der Waals surface area contributed by atoms with Crippen molar-refractivity contribution in [3.05, 3.63) is 0 Å².